The van der Waals surface area contributed by atoms with E-state index in [1.165, 1.54) is 0 Å². The molecule has 5 rings (SSSR count). The van der Waals surface area contributed by atoms with Gasteiger partial charge < -0.3 is 24.4 Å². The molecule has 216 valence electrons. The Kier molecular flexibility index (Phi) is 8.28. The Bertz CT molecular complexity index is 1260. The first-order valence-corrected chi connectivity index (χ1v) is 14.3. The number of carbonyl (C=O) groups excluding carboxylic acids is 3. The second-order valence-electron chi connectivity index (χ2n) is 12.0. The number of benzene rings is 1. The van der Waals surface area contributed by atoms with Crippen molar-refractivity contribution in [1.82, 2.24) is 20.0 Å². The molecule has 2 amide bonds. The fourth-order valence-electron chi connectivity index (χ4n) is 5.83. The van der Waals surface area contributed by atoms with Crippen LogP contribution in [0.25, 0.3) is 0 Å². The van der Waals surface area contributed by atoms with Crippen molar-refractivity contribution < 1.29 is 28.6 Å². The normalized spacial score (nSPS) is 19.1. The summed E-state index contributed by atoms with van der Waals surface area (Å²) in [6.45, 7) is 10.9. The molecule has 10 heteroatoms. The Morgan fingerprint density at radius 2 is 1.80 bits per heavy atom. The third-order valence-electron chi connectivity index (χ3n) is 8.23. The number of esters is 1. The summed E-state index contributed by atoms with van der Waals surface area (Å²) in [5.41, 5.74) is 2.76. The van der Waals surface area contributed by atoms with Crippen LogP contribution >= 0.6 is 0 Å². The molecule has 0 aliphatic carbocycles. The van der Waals surface area contributed by atoms with E-state index in [0.29, 0.717) is 75.7 Å². The van der Waals surface area contributed by atoms with E-state index >= 15 is 0 Å². The number of morpholine rings is 1. The van der Waals surface area contributed by atoms with Crippen LogP contribution in [-0.2, 0) is 33.6 Å². The molecule has 3 aliphatic rings. The summed E-state index contributed by atoms with van der Waals surface area (Å²) in [5.74, 6) is -0.647. The van der Waals surface area contributed by atoms with Crippen molar-refractivity contribution in [2.75, 3.05) is 52.7 Å². The van der Waals surface area contributed by atoms with Gasteiger partial charge in [0.1, 0.15) is 0 Å². The SMILES string of the molecule is CCc1nn(CC(C)(C)COC(=O)c2cccc(C(=O)N3CCOCC3)c2)c2c1C(=O)NCC1(CCOCC1)C2. The molecular formula is C30H40N4O6. The van der Waals surface area contributed by atoms with Gasteiger partial charge in [-0.1, -0.05) is 26.8 Å². The molecule has 40 heavy (non-hydrogen) atoms. The van der Waals surface area contributed by atoms with Gasteiger partial charge in [-0.25, -0.2) is 4.79 Å². The van der Waals surface area contributed by atoms with Crippen LogP contribution in [0, 0.1) is 10.8 Å². The summed E-state index contributed by atoms with van der Waals surface area (Å²) >= 11 is 0. The molecule has 0 saturated carbocycles. The molecule has 2 fully saturated rings. The lowest BCUT2D eigenvalue weighted by Crippen LogP contribution is -2.41. The molecule has 1 aromatic heterocycles. The summed E-state index contributed by atoms with van der Waals surface area (Å²) in [4.78, 5) is 40.8. The van der Waals surface area contributed by atoms with Crippen molar-refractivity contribution in [2.45, 2.75) is 53.0 Å². The first kappa shape index (κ1) is 28.3. The van der Waals surface area contributed by atoms with Crippen LogP contribution in [0.15, 0.2) is 24.3 Å². The number of nitrogens with zero attached hydrogens (tertiary/aromatic N) is 3. The van der Waals surface area contributed by atoms with E-state index in [4.69, 9.17) is 19.3 Å². The summed E-state index contributed by atoms with van der Waals surface area (Å²) in [5, 5.41) is 8.01. The van der Waals surface area contributed by atoms with E-state index in [2.05, 4.69) is 5.32 Å². The van der Waals surface area contributed by atoms with Crippen molar-refractivity contribution in [3.63, 3.8) is 0 Å². The van der Waals surface area contributed by atoms with Crippen molar-refractivity contribution in [1.29, 1.82) is 0 Å². The van der Waals surface area contributed by atoms with E-state index in [0.717, 1.165) is 30.7 Å². The summed E-state index contributed by atoms with van der Waals surface area (Å²) < 4.78 is 18.7. The molecule has 3 aliphatic heterocycles. The van der Waals surface area contributed by atoms with E-state index in [9.17, 15) is 14.4 Å². The Hall–Kier alpha value is -3.24. The van der Waals surface area contributed by atoms with Gasteiger partial charge in [-0.3, -0.25) is 14.3 Å². The second-order valence-corrected chi connectivity index (χ2v) is 12.0. The van der Waals surface area contributed by atoms with E-state index in [-0.39, 0.29) is 23.8 Å². The highest BCUT2D eigenvalue weighted by molar-refractivity contribution is 5.98. The number of hydrogen-bond acceptors (Lipinski definition) is 7. The van der Waals surface area contributed by atoms with Gasteiger partial charge in [0.25, 0.3) is 11.8 Å². The van der Waals surface area contributed by atoms with Crippen LogP contribution in [0.1, 0.15) is 76.1 Å². The first-order valence-electron chi connectivity index (χ1n) is 14.3. The maximum absolute atomic E-state index is 13.1. The minimum Gasteiger partial charge on any atom is -0.461 e. The minimum atomic E-state index is -0.473. The number of ether oxygens (including phenoxy) is 3. The Morgan fingerprint density at radius 3 is 2.52 bits per heavy atom. The minimum absolute atomic E-state index is 0.0394. The van der Waals surface area contributed by atoms with Crippen molar-refractivity contribution in [3.05, 3.63) is 52.3 Å². The largest absolute Gasteiger partial charge is 0.461 e. The lowest BCUT2D eigenvalue weighted by atomic mass is 9.76. The number of rotatable bonds is 7. The van der Waals surface area contributed by atoms with Gasteiger partial charge in [-0.15, -0.1) is 0 Å². The fourth-order valence-corrected chi connectivity index (χ4v) is 5.83. The Labute approximate surface area is 235 Å². The number of aromatic nitrogens is 2. The van der Waals surface area contributed by atoms with Crippen LogP contribution in [0.3, 0.4) is 0 Å². The monoisotopic (exact) mass is 552 g/mol. The molecule has 4 heterocycles. The van der Waals surface area contributed by atoms with Crippen LogP contribution in [-0.4, -0.2) is 85.1 Å². The summed E-state index contributed by atoms with van der Waals surface area (Å²) in [6, 6.07) is 6.69. The van der Waals surface area contributed by atoms with Crippen molar-refractivity contribution in [3.8, 4) is 0 Å². The van der Waals surface area contributed by atoms with Crippen molar-refractivity contribution in [2.24, 2.45) is 10.8 Å². The lowest BCUT2D eigenvalue weighted by molar-refractivity contribution is 0.0145. The quantitative estimate of drug-likeness (QED) is 0.526. The van der Waals surface area contributed by atoms with Crippen LogP contribution < -0.4 is 5.32 Å². The zero-order valence-corrected chi connectivity index (χ0v) is 23.8. The average molecular weight is 553 g/mol. The standard InChI is InChI=1S/C30H40N4O6/c1-4-23-25-24(17-30(18-31-26(25)35)8-12-38-13-9-30)34(32-23)19-29(2,3)20-40-28(37)22-7-5-6-21(16-22)27(36)33-10-14-39-15-11-33/h5-7,16H,4,8-15,17-20H2,1-3H3,(H,31,35). The van der Waals surface area contributed by atoms with Gasteiger partial charge in [0, 0.05) is 50.4 Å². The van der Waals surface area contributed by atoms with E-state index < -0.39 is 11.4 Å². The van der Waals surface area contributed by atoms with Gasteiger partial charge in [0.2, 0.25) is 0 Å². The number of amides is 2. The van der Waals surface area contributed by atoms with Crippen molar-refractivity contribution >= 4 is 17.8 Å². The van der Waals surface area contributed by atoms with Gasteiger partial charge in [-0.05, 0) is 49.3 Å². The number of hydrogen-bond donors (Lipinski definition) is 1. The third-order valence-corrected chi connectivity index (χ3v) is 8.23. The molecule has 0 unspecified atom stereocenters. The maximum Gasteiger partial charge on any atom is 0.338 e. The topological polar surface area (TPSA) is 112 Å². The highest BCUT2D eigenvalue weighted by Crippen LogP contribution is 2.38. The summed E-state index contributed by atoms with van der Waals surface area (Å²) in [6.07, 6.45) is 3.21. The number of aryl methyl sites for hydroxylation is 1. The van der Waals surface area contributed by atoms with E-state index in [1.54, 1.807) is 29.2 Å². The van der Waals surface area contributed by atoms with Crippen LogP contribution in [0.4, 0.5) is 0 Å². The van der Waals surface area contributed by atoms with Crippen LogP contribution in [0.5, 0.6) is 0 Å². The second kappa shape index (κ2) is 11.7. The predicted octanol–water partition coefficient (Wildman–Crippen LogP) is 2.88. The zero-order chi connectivity index (χ0) is 28.3. The molecule has 0 atom stereocenters. The number of carbonyl (C=O) groups is 3. The Morgan fingerprint density at radius 1 is 1.10 bits per heavy atom. The van der Waals surface area contributed by atoms with E-state index in [1.807, 2.05) is 25.5 Å². The highest BCUT2D eigenvalue weighted by Gasteiger charge is 2.40. The molecule has 1 aromatic carbocycles. The molecule has 1 N–H and O–H groups in total. The molecule has 0 radical (unpaired) electrons. The smallest absolute Gasteiger partial charge is 0.338 e. The molecule has 0 bridgehead atoms. The average Bonchev–Trinajstić information content (AvgIpc) is 3.23. The predicted molar refractivity (Wildman–Crippen MR) is 147 cm³/mol. The van der Waals surface area contributed by atoms with Gasteiger partial charge in [0.15, 0.2) is 0 Å². The molecule has 2 saturated heterocycles. The molecule has 10 nitrogen and oxygen atoms in total. The first-order chi connectivity index (χ1) is 19.2. The molecule has 2 aromatic rings. The highest BCUT2D eigenvalue weighted by atomic mass is 16.5. The van der Waals surface area contributed by atoms with Gasteiger partial charge in [-0.2, -0.15) is 5.10 Å². The number of nitrogens with one attached hydrogen (secondary N) is 1. The number of fused-ring (bicyclic) bond motifs is 1. The van der Waals surface area contributed by atoms with Gasteiger partial charge >= 0.3 is 5.97 Å². The third kappa shape index (κ3) is 6.07. The molecular weight excluding hydrogens is 512 g/mol. The Balaban J connectivity index is 1.29. The maximum atomic E-state index is 13.1. The fraction of sp³-hybridized carbons (Fsp3) is 0.600. The summed E-state index contributed by atoms with van der Waals surface area (Å²) in [7, 11) is 0. The van der Waals surface area contributed by atoms with Crippen LogP contribution in [0.2, 0.25) is 0 Å². The zero-order valence-electron chi connectivity index (χ0n) is 23.8. The molecule has 1 spiro atoms. The van der Waals surface area contributed by atoms with Gasteiger partial charge in [0.05, 0.1) is 42.3 Å². The lowest BCUT2D eigenvalue weighted by Gasteiger charge is -2.36.